The van der Waals surface area contributed by atoms with E-state index in [1.807, 2.05) is 24.3 Å². The van der Waals surface area contributed by atoms with Crippen LogP contribution in [-0.2, 0) is 11.2 Å². The predicted molar refractivity (Wildman–Crippen MR) is 76.4 cm³/mol. The Bertz CT molecular complexity index is 377. The van der Waals surface area contributed by atoms with Crippen LogP contribution in [0.2, 0.25) is 5.02 Å². The molecule has 5 heteroatoms. The number of halogens is 2. The molecule has 2 N–H and O–H groups in total. The minimum absolute atomic E-state index is 0. The summed E-state index contributed by atoms with van der Waals surface area (Å²) in [5, 5.41) is 6.88. The second-order valence-corrected chi connectivity index (χ2v) is 4.89. The van der Waals surface area contributed by atoms with E-state index < -0.39 is 0 Å². The molecule has 1 aliphatic heterocycles. The highest BCUT2D eigenvalue weighted by Crippen LogP contribution is 2.10. The van der Waals surface area contributed by atoms with Crippen LogP contribution in [0.5, 0.6) is 0 Å². The van der Waals surface area contributed by atoms with E-state index in [9.17, 15) is 4.79 Å². The van der Waals surface area contributed by atoms with E-state index in [2.05, 4.69) is 10.6 Å². The Balaban J connectivity index is 0.00000162. The first-order valence-electron chi connectivity index (χ1n) is 5.96. The van der Waals surface area contributed by atoms with Crippen LogP contribution in [-0.4, -0.2) is 25.5 Å². The smallest absolute Gasteiger partial charge is 0.220 e. The van der Waals surface area contributed by atoms with E-state index in [-0.39, 0.29) is 18.3 Å². The number of amides is 1. The van der Waals surface area contributed by atoms with Crippen molar-refractivity contribution in [1.29, 1.82) is 0 Å². The molecule has 1 aromatic rings. The van der Waals surface area contributed by atoms with Crippen LogP contribution >= 0.6 is 24.0 Å². The standard InChI is InChI=1S/C13H17ClN2O.ClH/c14-12-4-1-10(2-5-12)3-6-13(17)16-9-11-7-15-8-11;/h1-2,4-5,11,15H,3,6-9H2,(H,16,17);1H. The lowest BCUT2D eigenvalue weighted by Gasteiger charge is -2.27. The van der Waals surface area contributed by atoms with E-state index in [4.69, 9.17) is 11.6 Å². The van der Waals surface area contributed by atoms with E-state index in [0.717, 1.165) is 36.6 Å². The van der Waals surface area contributed by atoms with Crippen LogP contribution < -0.4 is 10.6 Å². The minimum Gasteiger partial charge on any atom is -0.356 e. The fraction of sp³-hybridized carbons (Fsp3) is 0.462. The summed E-state index contributed by atoms with van der Waals surface area (Å²) >= 11 is 5.80. The van der Waals surface area contributed by atoms with E-state index in [1.165, 1.54) is 0 Å². The molecule has 3 nitrogen and oxygen atoms in total. The van der Waals surface area contributed by atoms with Gasteiger partial charge >= 0.3 is 0 Å². The van der Waals surface area contributed by atoms with E-state index in [0.29, 0.717) is 12.3 Å². The molecule has 2 rings (SSSR count). The Morgan fingerprint density at radius 1 is 1.33 bits per heavy atom. The third-order valence-electron chi connectivity index (χ3n) is 3.01. The molecule has 100 valence electrons. The molecule has 1 aliphatic rings. The molecule has 0 saturated carbocycles. The monoisotopic (exact) mass is 288 g/mol. The molecule has 0 radical (unpaired) electrons. The number of nitrogens with one attached hydrogen (secondary N) is 2. The Labute approximate surface area is 119 Å². The van der Waals surface area contributed by atoms with Crippen molar-refractivity contribution in [3.63, 3.8) is 0 Å². The molecule has 1 heterocycles. The molecule has 0 spiro atoms. The summed E-state index contributed by atoms with van der Waals surface area (Å²) in [6.45, 7) is 2.85. The van der Waals surface area contributed by atoms with Gasteiger partial charge in [0.25, 0.3) is 0 Å². The summed E-state index contributed by atoms with van der Waals surface area (Å²) in [4.78, 5) is 11.6. The van der Waals surface area contributed by atoms with Gasteiger partial charge in [-0.2, -0.15) is 0 Å². The SMILES string of the molecule is Cl.O=C(CCc1ccc(Cl)cc1)NCC1CNC1. The maximum atomic E-state index is 11.6. The Hall–Kier alpha value is -0.770. The van der Waals surface area contributed by atoms with Crippen LogP contribution in [0.25, 0.3) is 0 Å². The number of carbonyl (C=O) groups is 1. The van der Waals surface area contributed by atoms with Gasteiger partial charge < -0.3 is 10.6 Å². The van der Waals surface area contributed by atoms with Crippen molar-refractivity contribution < 1.29 is 4.79 Å². The number of benzene rings is 1. The van der Waals surface area contributed by atoms with Crippen molar-refractivity contribution in [2.24, 2.45) is 5.92 Å². The predicted octanol–water partition coefficient (Wildman–Crippen LogP) is 2.03. The fourth-order valence-electron chi connectivity index (χ4n) is 1.75. The molecule has 1 saturated heterocycles. The van der Waals surface area contributed by atoms with Gasteiger partial charge in [-0.05, 0) is 24.1 Å². The van der Waals surface area contributed by atoms with Crippen molar-refractivity contribution in [2.75, 3.05) is 19.6 Å². The lowest BCUT2D eigenvalue weighted by molar-refractivity contribution is -0.121. The topological polar surface area (TPSA) is 41.1 Å². The van der Waals surface area contributed by atoms with Gasteiger partial charge in [0, 0.05) is 37.0 Å². The van der Waals surface area contributed by atoms with Gasteiger partial charge in [-0.1, -0.05) is 23.7 Å². The van der Waals surface area contributed by atoms with Gasteiger partial charge in [-0.15, -0.1) is 12.4 Å². The van der Waals surface area contributed by atoms with Gasteiger partial charge in [0.2, 0.25) is 5.91 Å². The van der Waals surface area contributed by atoms with E-state index >= 15 is 0 Å². The summed E-state index contributed by atoms with van der Waals surface area (Å²) in [7, 11) is 0. The van der Waals surface area contributed by atoms with Crippen LogP contribution in [0, 0.1) is 5.92 Å². The molecule has 0 aliphatic carbocycles. The first kappa shape index (κ1) is 15.3. The van der Waals surface area contributed by atoms with Crippen LogP contribution in [0.4, 0.5) is 0 Å². The van der Waals surface area contributed by atoms with Gasteiger partial charge in [0.1, 0.15) is 0 Å². The third kappa shape index (κ3) is 4.84. The maximum Gasteiger partial charge on any atom is 0.220 e. The maximum absolute atomic E-state index is 11.6. The molecule has 0 bridgehead atoms. The zero-order chi connectivity index (χ0) is 12.1. The molecule has 1 amide bonds. The van der Waals surface area contributed by atoms with Crippen molar-refractivity contribution in [3.8, 4) is 0 Å². The zero-order valence-electron chi connectivity index (χ0n) is 10.1. The number of hydrogen-bond acceptors (Lipinski definition) is 2. The van der Waals surface area contributed by atoms with Crippen LogP contribution in [0.3, 0.4) is 0 Å². The Morgan fingerprint density at radius 2 is 2.00 bits per heavy atom. The largest absolute Gasteiger partial charge is 0.356 e. The van der Waals surface area contributed by atoms with Gasteiger partial charge in [0.15, 0.2) is 0 Å². The fourth-order valence-corrected chi connectivity index (χ4v) is 1.87. The minimum atomic E-state index is 0. The average molecular weight is 289 g/mol. The van der Waals surface area contributed by atoms with Gasteiger partial charge in [0.05, 0.1) is 0 Å². The van der Waals surface area contributed by atoms with Crippen molar-refractivity contribution in [1.82, 2.24) is 10.6 Å². The highest BCUT2D eigenvalue weighted by molar-refractivity contribution is 6.30. The Kier molecular flexibility index (Phi) is 6.47. The molecule has 1 fully saturated rings. The van der Waals surface area contributed by atoms with Crippen LogP contribution in [0.1, 0.15) is 12.0 Å². The molecule has 0 aromatic heterocycles. The van der Waals surface area contributed by atoms with E-state index in [1.54, 1.807) is 0 Å². The second kappa shape index (κ2) is 7.62. The van der Waals surface area contributed by atoms with Gasteiger partial charge in [-0.25, -0.2) is 0 Å². The molecule has 1 aromatic carbocycles. The first-order chi connectivity index (χ1) is 8.24. The Morgan fingerprint density at radius 3 is 2.56 bits per heavy atom. The molecule has 18 heavy (non-hydrogen) atoms. The summed E-state index contributed by atoms with van der Waals surface area (Å²) in [5.74, 6) is 0.751. The summed E-state index contributed by atoms with van der Waals surface area (Å²) < 4.78 is 0. The number of hydrogen-bond donors (Lipinski definition) is 2. The molecular formula is C13H18Cl2N2O. The summed E-state index contributed by atoms with van der Waals surface area (Å²) in [6, 6.07) is 7.64. The van der Waals surface area contributed by atoms with Crippen molar-refractivity contribution >= 4 is 29.9 Å². The highest BCUT2D eigenvalue weighted by Gasteiger charge is 2.16. The van der Waals surface area contributed by atoms with Crippen molar-refractivity contribution in [2.45, 2.75) is 12.8 Å². The molecular weight excluding hydrogens is 271 g/mol. The average Bonchev–Trinajstić information content (AvgIpc) is 2.26. The summed E-state index contributed by atoms with van der Waals surface area (Å²) in [6.07, 6.45) is 1.31. The number of aryl methyl sites for hydroxylation is 1. The lowest BCUT2D eigenvalue weighted by atomic mass is 10.0. The first-order valence-corrected chi connectivity index (χ1v) is 6.33. The number of carbonyl (C=O) groups excluding carboxylic acids is 1. The third-order valence-corrected chi connectivity index (χ3v) is 3.26. The second-order valence-electron chi connectivity index (χ2n) is 4.45. The normalized spacial score (nSPS) is 14.5. The summed E-state index contributed by atoms with van der Waals surface area (Å²) in [5.41, 5.74) is 1.15. The molecule has 0 unspecified atom stereocenters. The highest BCUT2D eigenvalue weighted by atomic mass is 35.5. The van der Waals surface area contributed by atoms with Gasteiger partial charge in [-0.3, -0.25) is 4.79 Å². The number of rotatable bonds is 5. The zero-order valence-corrected chi connectivity index (χ0v) is 11.7. The lowest BCUT2D eigenvalue weighted by Crippen LogP contribution is -2.48. The van der Waals surface area contributed by atoms with Crippen LogP contribution in [0.15, 0.2) is 24.3 Å². The molecule has 0 atom stereocenters. The van der Waals surface area contributed by atoms with Crippen molar-refractivity contribution in [3.05, 3.63) is 34.9 Å². The quantitative estimate of drug-likeness (QED) is 0.871.